The monoisotopic (exact) mass is 316 g/mol. The minimum Gasteiger partial charge on any atom is -0.367 e. The number of nitrogens with zero attached hydrogens (tertiary/aromatic N) is 1. The molecule has 0 aromatic heterocycles. The van der Waals surface area contributed by atoms with Gasteiger partial charge in [0.05, 0.1) is 11.5 Å². The molecular formula is C14H21ClN2O2S. The van der Waals surface area contributed by atoms with Gasteiger partial charge in [-0.3, -0.25) is 0 Å². The first-order valence-corrected chi connectivity index (χ1v) is 8.98. The van der Waals surface area contributed by atoms with E-state index in [-0.39, 0.29) is 23.6 Å². The molecule has 0 amide bonds. The van der Waals surface area contributed by atoms with Crippen molar-refractivity contribution in [3.8, 4) is 0 Å². The van der Waals surface area contributed by atoms with E-state index >= 15 is 0 Å². The van der Waals surface area contributed by atoms with E-state index < -0.39 is 9.84 Å². The maximum atomic E-state index is 11.6. The van der Waals surface area contributed by atoms with Crippen LogP contribution >= 0.6 is 11.6 Å². The first kappa shape index (κ1) is 15.6. The van der Waals surface area contributed by atoms with Gasteiger partial charge in [0.2, 0.25) is 0 Å². The van der Waals surface area contributed by atoms with Crippen molar-refractivity contribution in [2.24, 2.45) is 0 Å². The van der Waals surface area contributed by atoms with Gasteiger partial charge in [-0.2, -0.15) is 0 Å². The summed E-state index contributed by atoms with van der Waals surface area (Å²) in [5.74, 6) is 0.420. The second-order valence-corrected chi connectivity index (χ2v) is 8.01. The lowest BCUT2D eigenvalue weighted by molar-refractivity contribution is 0.568. The highest BCUT2D eigenvalue weighted by Gasteiger charge is 2.28. The number of anilines is 1. The fourth-order valence-corrected chi connectivity index (χ4v) is 4.48. The highest BCUT2D eigenvalue weighted by Crippen LogP contribution is 2.29. The van der Waals surface area contributed by atoms with Crippen LogP contribution in [0.2, 0.25) is 5.02 Å². The van der Waals surface area contributed by atoms with E-state index in [1.807, 2.05) is 32.2 Å². The number of benzene rings is 1. The zero-order valence-corrected chi connectivity index (χ0v) is 13.6. The molecule has 6 heteroatoms. The summed E-state index contributed by atoms with van der Waals surface area (Å²) in [6, 6.07) is 6.13. The summed E-state index contributed by atoms with van der Waals surface area (Å²) in [6.45, 7) is 4.52. The highest BCUT2D eigenvalue weighted by atomic mass is 35.5. The SMILES string of the molecule is CNC(C)c1ccc(N2CCS(=O)(=O)CC2C)cc1Cl. The van der Waals surface area contributed by atoms with Crippen LogP contribution in [0, 0.1) is 0 Å². The Bertz CT molecular complexity index is 589. The van der Waals surface area contributed by atoms with Gasteiger partial charge in [0.1, 0.15) is 0 Å². The molecule has 0 radical (unpaired) electrons. The van der Waals surface area contributed by atoms with E-state index in [4.69, 9.17) is 11.6 Å². The van der Waals surface area contributed by atoms with E-state index in [9.17, 15) is 8.42 Å². The van der Waals surface area contributed by atoms with Gasteiger partial charge in [0, 0.05) is 29.3 Å². The molecule has 2 atom stereocenters. The Balaban J connectivity index is 2.24. The Kier molecular flexibility index (Phi) is 4.62. The van der Waals surface area contributed by atoms with Gasteiger partial charge in [0.25, 0.3) is 0 Å². The van der Waals surface area contributed by atoms with Crippen LogP contribution in [0.1, 0.15) is 25.5 Å². The number of nitrogens with one attached hydrogen (secondary N) is 1. The molecule has 1 aliphatic heterocycles. The molecule has 1 saturated heterocycles. The first-order valence-electron chi connectivity index (χ1n) is 6.78. The lowest BCUT2D eigenvalue weighted by Crippen LogP contribution is -2.47. The minimum absolute atomic E-state index is 0.0163. The summed E-state index contributed by atoms with van der Waals surface area (Å²) in [5, 5.41) is 3.88. The molecule has 1 heterocycles. The van der Waals surface area contributed by atoms with E-state index in [0.717, 1.165) is 11.3 Å². The third kappa shape index (κ3) is 3.27. The molecule has 0 bridgehead atoms. The zero-order chi connectivity index (χ0) is 14.9. The molecular weight excluding hydrogens is 296 g/mol. The number of rotatable bonds is 3. The molecule has 2 unspecified atom stereocenters. The molecule has 0 aliphatic carbocycles. The Morgan fingerprint density at radius 2 is 2.15 bits per heavy atom. The fraction of sp³-hybridized carbons (Fsp3) is 0.571. The van der Waals surface area contributed by atoms with Gasteiger partial charge in [-0.1, -0.05) is 17.7 Å². The summed E-state index contributed by atoms with van der Waals surface area (Å²) < 4.78 is 23.3. The molecule has 4 nitrogen and oxygen atoms in total. The number of halogens is 1. The van der Waals surface area contributed by atoms with Gasteiger partial charge >= 0.3 is 0 Å². The molecule has 1 N–H and O–H groups in total. The Morgan fingerprint density at radius 1 is 1.45 bits per heavy atom. The topological polar surface area (TPSA) is 49.4 Å². The van der Waals surface area contributed by atoms with Crippen molar-refractivity contribution in [3.05, 3.63) is 28.8 Å². The molecule has 1 fully saturated rings. The third-order valence-electron chi connectivity index (χ3n) is 3.89. The fourth-order valence-electron chi connectivity index (χ4n) is 2.58. The molecule has 2 rings (SSSR count). The lowest BCUT2D eigenvalue weighted by atomic mass is 10.1. The molecule has 0 spiro atoms. The van der Waals surface area contributed by atoms with E-state index in [0.29, 0.717) is 11.6 Å². The van der Waals surface area contributed by atoms with Crippen molar-refractivity contribution in [1.29, 1.82) is 0 Å². The average molecular weight is 317 g/mol. The quantitative estimate of drug-likeness (QED) is 0.929. The highest BCUT2D eigenvalue weighted by molar-refractivity contribution is 7.91. The minimum atomic E-state index is -2.89. The van der Waals surface area contributed by atoms with Crippen molar-refractivity contribution < 1.29 is 8.42 Å². The summed E-state index contributed by atoms with van der Waals surface area (Å²) in [4.78, 5) is 2.11. The third-order valence-corrected chi connectivity index (χ3v) is 6.01. The smallest absolute Gasteiger partial charge is 0.154 e. The molecule has 20 heavy (non-hydrogen) atoms. The van der Waals surface area contributed by atoms with Crippen molar-refractivity contribution >= 4 is 27.1 Å². The van der Waals surface area contributed by atoms with Gasteiger partial charge in [-0.05, 0) is 38.6 Å². The lowest BCUT2D eigenvalue weighted by Gasteiger charge is -2.35. The van der Waals surface area contributed by atoms with Crippen LogP contribution in [0.25, 0.3) is 0 Å². The summed E-state index contributed by atoms with van der Waals surface area (Å²) in [7, 11) is -0.998. The second kappa shape index (κ2) is 5.92. The van der Waals surface area contributed by atoms with Crippen LogP contribution in [0.3, 0.4) is 0 Å². The van der Waals surface area contributed by atoms with Crippen molar-refractivity contribution in [2.75, 3.05) is 30.0 Å². The Hall–Kier alpha value is -0.780. The zero-order valence-electron chi connectivity index (χ0n) is 12.1. The molecule has 1 aromatic carbocycles. The van der Waals surface area contributed by atoms with E-state index in [1.54, 1.807) is 0 Å². The normalized spacial score (nSPS) is 23.6. The number of sulfone groups is 1. The van der Waals surface area contributed by atoms with E-state index in [2.05, 4.69) is 17.1 Å². The average Bonchev–Trinajstić information content (AvgIpc) is 2.36. The van der Waals surface area contributed by atoms with Crippen LogP contribution in [0.15, 0.2) is 18.2 Å². The maximum absolute atomic E-state index is 11.6. The van der Waals surface area contributed by atoms with Gasteiger partial charge in [-0.15, -0.1) is 0 Å². The van der Waals surface area contributed by atoms with Gasteiger partial charge < -0.3 is 10.2 Å². The Labute approximate surface area is 126 Å². The van der Waals surface area contributed by atoms with Crippen LogP contribution in [0.5, 0.6) is 0 Å². The van der Waals surface area contributed by atoms with Crippen molar-refractivity contribution in [3.63, 3.8) is 0 Å². The predicted octanol–water partition coefficient (Wildman–Crippen LogP) is 2.24. The molecule has 112 valence electrons. The summed E-state index contributed by atoms with van der Waals surface area (Å²) >= 11 is 6.34. The van der Waals surface area contributed by atoms with Crippen molar-refractivity contribution in [2.45, 2.75) is 25.9 Å². The van der Waals surface area contributed by atoms with Crippen LogP contribution in [-0.4, -0.2) is 39.6 Å². The largest absolute Gasteiger partial charge is 0.367 e. The summed E-state index contributed by atoms with van der Waals surface area (Å²) in [6.07, 6.45) is 0. The number of hydrogen-bond acceptors (Lipinski definition) is 4. The van der Waals surface area contributed by atoms with E-state index in [1.165, 1.54) is 0 Å². The second-order valence-electron chi connectivity index (χ2n) is 5.37. The standard InChI is InChI=1S/C14H21ClN2O2S/c1-10-9-20(18,19)7-6-17(10)12-4-5-13(11(2)16-3)14(15)8-12/h4-5,8,10-11,16H,6-7,9H2,1-3H3. The van der Waals surface area contributed by atoms with Crippen molar-refractivity contribution in [1.82, 2.24) is 5.32 Å². The first-order chi connectivity index (χ1) is 9.34. The van der Waals surface area contributed by atoms with Crippen LogP contribution in [0.4, 0.5) is 5.69 Å². The summed E-state index contributed by atoms with van der Waals surface area (Å²) in [5.41, 5.74) is 2.04. The van der Waals surface area contributed by atoms with Crippen LogP contribution < -0.4 is 10.2 Å². The van der Waals surface area contributed by atoms with Gasteiger partial charge in [-0.25, -0.2) is 8.42 Å². The maximum Gasteiger partial charge on any atom is 0.154 e. The van der Waals surface area contributed by atoms with Gasteiger partial charge in [0.15, 0.2) is 9.84 Å². The molecule has 1 aliphatic rings. The predicted molar refractivity (Wildman–Crippen MR) is 84.4 cm³/mol. The number of hydrogen-bond donors (Lipinski definition) is 1. The Morgan fingerprint density at radius 3 is 2.70 bits per heavy atom. The van der Waals surface area contributed by atoms with Crippen LogP contribution in [-0.2, 0) is 9.84 Å². The molecule has 0 saturated carbocycles. The molecule has 1 aromatic rings.